The summed E-state index contributed by atoms with van der Waals surface area (Å²) in [4.78, 5) is 15.5. The van der Waals surface area contributed by atoms with Crippen LogP contribution in [0.2, 0.25) is 0 Å². The van der Waals surface area contributed by atoms with Crippen molar-refractivity contribution in [1.82, 2.24) is 4.98 Å². The third-order valence-corrected chi connectivity index (χ3v) is 7.33. The maximum absolute atomic E-state index is 11.3. The van der Waals surface area contributed by atoms with Gasteiger partial charge < -0.3 is 14.6 Å². The van der Waals surface area contributed by atoms with Crippen molar-refractivity contribution in [3.05, 3.63) is 77.1 Å². The fourth-order valence-electron chi connectivity index (χ4n) is 4.45. The van der Waals surface area contributed by atoms with E-state index < -0.39 is 15.8 Å². The Morgan fingerprint density at radius 2 is 1.81 bits per heavy atom. The van der Waals surface area contributed by atoms with Crippen LogP contribution in [0.15, 0.2) is 54.7 Å². The van der Waals surface area contributed by atoms with Crippen LogP contribution in [0, 0.1) is 19.8 Å². The third kappa shape index (κ3) is 6.63. The molecule has 0 spiro atoms. The molecule has 2 atom stereocenters. The summed E-state index contributed by atoms with van der Waals surface area (Å²) in [6, 6.07) is 15.8. The van der Waals surface area contributed by atoms with E-state index in [-0.39, 0.29) is 17.6 Å². The Morgan fingerprint density at radius 3 is 2.42 bits per heavy atom. The predicted octanol–water partition coefficient (Wildman–Crippen LogP) is 4.95. The molecule has 1 aliphatic carbocycles. The van der Waals surface area contributed by atoms with Crippen molar-refractivity contribution in [2.45, 2.75) is 39.2 Å². The van der Waals surface area contributed by atoms with E-state index in [2.05, 4.69) is 17.1 Å². The Hall–Kier alpha value is -3.39. The van der Waals surface area contributed by atoms with Gasteiger partial charge in [-0.2, -0.15) is 0 Å². The molecule has 1 aliphatic rings. The van der Waals surface area contributed by atoms with Gasteiger partial charge in [-0.25, -0.2) is 8.42 Å². The lowest BCUT2D eigenvalue weighted by Crippen LogP contribution is -2.08. The standard InChI is InChI=1S/C28H31NO6S/c1-18-12-23(34-10-5-11-36(3,32)33)13-19(2)27(18)21-7-4-6-20(14-21)17-35-22-8-9-26(29-16-22)24-15-25(24)28(30)31/h4,6-9,12-14,16,24-25H,5,10-11,15,17H2,1-3H3,(H,30,31)/t24-,25-/m0/s1. The Kier molecular flexibility index (Phi) is 7.64. The lowest BCUT2D eigenvalue weighted by molar-refractivity contribution is -0.138. The molecule has 0 unspecified atom stereocenters. The lowest BCUT2D eigenvalue weighted by atomic mass is 9.94. The zero-order valence-corrected chi connectivity index (χ0v) is 21.5. The summed E-state index contributed by atoms with van der Waals surface area (Å²) in [5.74, 6) is 0.409. The SMILES string of the molecule is Cc1cc(OCCCS(C)(=O)=O)cc(C)c1-c1cccc(COc2ccc([C@H]3C[C@@H]3C(=O)O)nc2)c1. The molecule has 0 amide bonds. The molecular weight excluding hydrogens is 478 g/mol. The number of carboxylic acids is 1. The molecule has 1 saturated carbocycles. The van der Waals surface area contributed by atoms with Gasteiger partial charge in [0.05, 0.1) is 24.5 Å². The van der Waals surface area contributed by atoms with Crippen LogP contribution in [-0.4, -0.2) is 43.1 Å². The minimum atomic E-state index is -2.99. The van der Waals surface area contributed by atoms with Crippen LogP contribution in [0.5, 0.6) is 11.5 Å². The molecule has 2 aromatic carbocycles. The van der Waals surface area contributed by atoms with Gasteiger partial charge in [0.1, 0.15) is 27.9 Å². The number of pyridine rings is 1. The number of aryl methyl sites for hydroxylation is 2. The van der Waals surface area contributed by atoms with E-state index in [4.69, 9.17) is 14.6 Å². The van der Waals surface area contributed by atoms with Gasteiger partial charge in [-0.3, -0.25) is 9.78 Å². The van der Waals surface area contributed by atoms with Crippen LogP contribution < -0.4 is 9.47 Å². The first kappa shape index (κ1) is 25.7. The van der Waals surface area contributed by atoms with E-state index in [0.717, 1.165) is 39.3 Å². The van der Waals surface area contributed by atoms with Crippen molar-refractivity contribution in [1.29, 1.82) is 0 Å². The summed E-state index contributed by atoms with van der Waals surface area (Å²) in [7, 11) is -2.99. The monoisotopic (exact) mass is 509 g/mol. The number of aromatic nitrogens is 1. The maximum atomic E-state index is 11.3. The number of rotatable bonds is 11. The van der Waals surface area contributed by atoms with Gasteiger partial charge in [-0.15, -0.1) is 0 Å². The molecule has 1 fully saturated rings. The van der Waals surface area contributed by atoms with Crippen LogP contribution in [0.25, 0.3) is 11.1 Å². The first-order chi connectivity index (χ1) is 17.1. The summed E-state index contributed by atoms with van der Waals surface area (Å²) in [5, 5.41) is 9.09. The molecule has 7 nitrogen and oxygen atoms in total. The average Bonchev–Trinajstić information content (AvgIpc) is 3.62. The van der Waals surface area contributed by atoms with Gasteiger partial charge in [0.2, 0.25) is 0 Å². The first-order valence-electron chi connectivity index (χ1n) is 11.9. The van der Waals surface area contributed by atoms with E-state index in [0.29, 0.717) is 31.8 Å². The number of carbonyl (C=O) groups is 1. The molecule has 0 radical (unpaired) electrons. The quantitative estimate of drug-likeness (QED) is 0.365. The molecule has 190 valence electrons. The van der Waals surface area contributed by atoms with Crippen molar-refractivity contribution < 1.29 is 27.8 Å². The summed E-state index contributed by atoms with van der Waals surface area (Å²) >= 11 is 0. The van der Waals surface area contributed by atoms with Crippen molar-refractivity contribution >= 4 is 15.8 Å². The van der Waals surface area contributed by atoms with E-state index in [1.54, 1.807) is 6.20 Å². The molecule has 3 aromatic rings. The highest BCUT2D eigenvalue weighted by atomic mass is 32.2. The average molecular weight is 510 g/mol. The Bertz CT molecular complexity index is 1330. The van der Waals surface area contributed by atoms with Gasteiger partial charge >= 0.3 is 5.97 Å². The summed E-state index contributed by atoms with van der Waals surface area (Å²) < 4.78 is 34.3. The number of hydrogen-bond donors (Lipinski definition) is 1. The maximum Gasteiger partial charge on any atom is 0.307 e. The van der Waals surface area contributed by atoms with Crippen molar-refractivity contribution in [2.24, 2.45) is 5.92 Å². The molecule has 36 heavy (non-hydrogen) atoms. The second kappa shape index (κ2) is 10.7. The second-order valence-corrected chi connectivity index (χ2v) is 11.7. The molecule has 0 aliphatic heterocycles. The second-order valence-electron chi connectivity index (χ2n) is 9.46. The minimum Gasteiger partial charge on any atom is -0.494 e. The molecule has 1 aromatic heterocycles. The van der Waals surface area contributed by atoms with Crippen molar-refractivity contribution in [3.8, 4) is 22.6 Å². The number of ether oxygens (including phenoxy) is 2. The first-order valence-corrected chi connectivity index (χ1v) is 14.0. The summed E-state index contributed by atoms with van der Waals surface area (Å²) in [6.45, 7) is 4.82. The molecule has 1 N–H and O–H groups in total. The highest BCUT2D eigenvalue weighted by molar-refractivity contribution is 7.90. The third-order valence-electron chi connectivity index (χ3n) is 6.30. The highest BCUT2D eigenvalue weighted by Gasteiger charge is 2.45. The zero-order chi connectivity index (χ0) is 25.9. The van der Waals surface area contributed by atoms with Gasteiger partial charge in [-0.05, 0) is 84.8 Å². The van der Waals surface area contributed by atoms with Crippen molar-refractivity contribution in [3.63, 3.8) is 0 Å². The molecule has 1 heterocycles. The van der Waals surface area contributed by atoms with E-state index >= 15 is 0 Å². The van der Waals surface area contributed by atoms with E-state index in [9.17, 15) is 13.2 Å². The van der Waals surface area contributed by atoms with Gasteiger partial charge in [-0.1, -0.05) is 18.2 Å². The van der Waals surface area contributed by atoms with E-state index in [1.165, 1.54) is 6.26 Å². The number of nitrogens with zero attached hydrogens (tertiary/aromatic N) is 1. The van der Waals surface area contributed by atoms with Gasteiger partial charge in [0, 0.05) is 17.9 Å². The van der Waals surface area contributed by atoms with E-state index in [1.807, 2.05) is 50.2 Å². The largest absolute Gasteiger partial charge is 0.494 e. The van der Waals surface area contributed by atoms with Crippen molar-refractivity contribution in [2.75, 3.05) is 18.6 Å². The Balaban J connectivity index is 1.38. The highest BCUT2D eigenvalue weighted by Crippen LogP contribution is 2.46. The Labute approximate surface area is 212 Å². The molecule has 8 heteroatoms. The van der Waals surface area contributed by atoms with Gasteiger partial charge in [0.15, 0.2) is 0 Å². The predicted molar refractivity (Wildman–Crippen MR) is 138 cm³/mol. The molecule has 0 bridgehead atoms. The number of hydrogen-bond acceptors (Lipinski definition) is 6. The molecule has 4 rings (SSSR count). The molecule has 0 saturated heterocycles. The Morgan fingerprint density at radius 1 is 1.06 bits per heavy atom. The topological polar surface area (TPSA) is 103 Å². The molecular formula is C28H31NO6S. The normalized spacial score (nSPS) is 17.0. The minimum absolute atomic E-state index is 0.00369. The van der Waals surface area contributed by atoms with Gasteiger partial charge in [0.25, 0.3) is 0 Å². The van der Waals surface area contributed by atoms with Crippen LogP contribution in [-0.2, 0) is 21.2 Å². The fourth-order valence-corrected chi connectivity index (χ4v) is 5.09. The summed E-state index contributed by atoms with van der Waals surface area (Å²) in [5.41, 5.74) is 6.17. The number of aliphatic carboxylic acids is 1. The number of sulfone groups is 1. The zero-order valence-electron chi connectivity index (χ0n) is 20.7. The summed E-state index contributed by atoms with van der Waals surface area (Å²) in [6.07, 6.45) is 3.99. The smallest absolute Gasteiger partial charge is 0.307 e. The van der Waals surface area contributed by atoms with Crippen LogP contribution in [0.4, 0.5) is 0 Å². The van der Waals surface area contributed by atoms with Crippen LogP contribution in [0.1, 0.15) is 41.1 Å². The number of benzene rings is 2. The fraction of sp³-hybridized carbons (Fsp3) is 0.357. The number of carboxylic acid groups (broad SMARTS) is 1. The van der Waals surface area contributed by atoms with Crippen LogP contribution in [0.3, 0.4) is 0 Å². The van der Waals surface area contributed by atoms with Crippen LogP contribution >= 0.6 is 0 Å². The lowest BCUT2D eigenvalue weighted by Gasteiger charge is -2.15.